The van der Waals surface area contributed by atoms with Gasteiger partial charge in [0.25, 0.3) is 0 Å². The van der Waals surface area contributed by atoms with Crippen molar-refractivity contribution in [3.8, 4) is 5.75 Å². The van der Waals surface area contributed by atoms with Gasteiger partial charge in [-0.25, -0.2) is 0 Å². The van der Waals surface area contributed by atoms with Crippen molar-refractivity contribution in [1.82, 2.24) is 4.98 Å². The van der Waals surface area contributed by atoms with Gasteiger partial charge in [-0.05, 0) is 6.92 Å². The standard InChI is InChI=1S/C8H10ClNO/c1-6-3-8(11-2)7(4-9)5-10-6/h3,5H,4H2,1-2H3. The third kappa shape index (κ3) is 1.84. The Kier molecular flexibility index (Phi) is 2.71. The molecule has 0 fully saturated rings. The Bertz CT molecular complexity index is 250. The molecule has 3 heteroatoms. The van der Waals surface area contributed by atoms with Crippen LogP contribution in [0.4, 0.5) is 0 Å². The summed E-state index contributed by atoms with van der Waals surface area (Å²) < 4.78 is 5.09. The molecular formula is C8H10ClNO. The third-order valence-electron chi connectivity index (χ3n) is 1.44. The largest absolute Gasteiger partial charge is 0.496 e. The summed E-state index contributed by atoms with van der Waals surface area (Å²) >= 11 is 5.64. The molecule has 1 aromatic heterocycles. The van der Waals surface area contributed by atoms with Crippen LogP contribution in [0.2, 0.25) is 0 Å². The minimum absolute atomic E-state index is 0.441. The maximum atomic E-state index is 5.64. The second-order valence-electron chi connectivity index (χ2n) is 2.27. The fourth-order valence-corrected chi connectivity index (χ4v) is 1.05. The molecule has 0 aliphatic heterocycles. The van der Waals surface area contributed by atoms with Gasteiger partial charge < -0.3 is 4.74 Å². The number of nitrogens with zero attached hydrogens (tertiary/aromatic N) is 1. The van der Waals surface area contributed by atoms with Crippen molar-refractivity contribution in [2.75, 3.05) is 7.11 Å². The van der Waals surface area contributed by atoms with E-state index in [4.69, 9.17) is 16.3 Å². The van der Waals surface area contributed by atoms with Gasteiger partial charge in [-0.15, -0.1) is 11.6 Å². The van der Waals surface area contributed by atoms with Crippen LogP contribution in [0.15, 0.2) is 12.3 Å². The van der Waals surface area contributed by atoms with E-state index >= 15 is 0 Å². The molecule has 0 saturated heterocycles. The number of halogens is 1. The van der Waals surface area contributed by atoms with Gasteiger partial charge in [-0.1, -0.05) is 0 Å². The molecule has 0 aliphatic carbocycles. The molecule has 0 spiro atoms. The van der Waals surface area contributed by atoms with Crippen LogP contribution < -0.4 is 4.74 Å². The van der Waals surface area contributed by atoms with E-state index in [9.17, 15) is 0 Å². The first-order valence-corrected chi connectivity index (χ1v) is 3.87. The molecule has 1 rings (SSSR count). The number of hydrogen-bond donors (Lipinski definition) is 0. The molecule has 1 heterocycles. The lowest BCUT2D eigenvalue weighted by molar-refractivity contribution is 0.410. The molecule has 2 nitrogen and oxygen atoms in total. The Balaban J connectivity index is 3.06. The van der Waals surface area contributed by atoms with E-state index in [-0.39, 0.29) is 0 Å². The van der Waals surface area contributed by atoms with Crippen LogP contribution in [0.1, 0.15) is 11.3 Å². The number of aromatic nitrogens is 1. The number of ether oxygens (including phenoxy) is 1. The smallest absolute Gasteiger partial charge is 0.126 e. The second-order valence-corrected chi connectivity index (χ2v) is 2.54. The average Bonchev–Trinajstić information content (AvgIpc) is 2.04. The Morgan fingerprint density at radius 1 is 1.64 bits per heavy atom. The quantitative estimate of drug-likeness (QED) is 0.637. The summed E-state index contributed by atoms with van der Waals surface area (Å²) in [5, 5.41) is 0. The Morgan fingerprint density at radius 2 is 2.36 bits per heavy atom. The van der Waals surface area contributed by atoms with Crippen molar-refractivity contribution in [1.29, 1.82) is 0 Å². The number of rotatable bonds is 2. The minimum Gasteiger partial charge on any atom is -0.496 e. The highest BCUT2D eigenvalue weighted by atomic mass is 35.5. The lowest BCUT2D eigenvalue weighted by Crippen LogP contribution is -1.92. The van der Waals surface area contributed by atoms with Crippen LogP contribution in [-0.4, -0.2) is 12.1 Å². The third-order valence-corrected chi connectivity index (χ3v) is 1.73. The number of pyridine rings is 1. The monoisotopic (exact) mass is 171 g/mol. The molecule has 1 aromatic rings. The number of aryl methyl sites for hydroxylation is 1. The zero-order valence-corrected chi connectivity index (χ0v) is 7.35. The molecule has 0 saturated carbocycles. The molecule has 0 amide bonds. The fourth-order valence-electron chi connectivity index (χ4n) is 0.853. The van der Waals surface area contributed by atoms with Crippen molar-refractivity contribution < 1.29 is 4.74 Å². The van der Waals surface area contributed by atoms with E-state index in [0.717, 1.165) is 17.0 Å². The molecule has 60 valence electrons. The molecule has 0 bridgehead atoms. The van der Waals surface area contributed by atoms with Crippen LogP contribution in [0.25, 0.3) is 0 Å². The zero-order valence-electron chi connectivity index (χ0n) is 6.60. The predicted octanol–water partition coefficient (Wildman–Crippen LogP) is 2.14. The molecule has 0 radical (unpaired) electrons. The van der Waals surface area contributed by atoms with Crippen molar-refractivity contribution in [3.05, 3.63) is 23.5 Å². The van der Waals surface area contributed by atoms with Crippen LogP contribution in [-0.2, 0) is 5.88 Å². The fraction of sp³-hybridized carbons (Fsp3) is 0.375. The van der Waals surface area contributed by atoms with Gasteiger partial charge in [0, 0.05) is 23.5 Å². The summed E-state index contributed by atoms with van der Waals surface area (Å²) in [6.45, 7) is 1.92. The first kappa shape index (κ1) is 8.34. The second kappa shape index (κ2) is 3.58. The van der Waals surface area contributed by atoms with Gasteiger partial charge in [0.1, 0.15) is 5.75 Å². The van der Waals surface area contributed by atoms with E-state index in [1.165, 1.54) is 0 Å². The molecule has 0 aliphatic rings. The van der Waals surface area contributed by atoms with Gasteiger partial charge in [0.05, 0.1) is 13.0 Å². The first-order chi connectivity index (χ1) is 5.27. The average molecular weight is 172 g/mol. The van der Waals surface area contributed by atoms with E-state index in [2.05, 4.69) is 4.98 Å². The van der Waals surface area contributed by atoms with Crippen LogP contribution in [0.3, 0.4) is 0 Å². The summed E-state index contributed by atoms with van der Waals surface area (Å²) in [5.41, 5.74) is 1.87. The highest BCUT2D eigenvalue weighted by Crippen LogP contribution is 2.19. The van der Waals surface area contributed by atoms with Gasteiger partial charge in [0.15, 0.2) is 0 Å². The lowest BCUT2D eigenvalue weighted by atomic mass is 10.2. The zero-order chi connectivity index (χ0) is 8.27. The summed E-state index contributed by atoms with van der Waals surface area (Å²) in [7, 11) is 1.63. The van der Waals surface area contributed by atoms with Crippen molar-refractivity contribution >= 4 is 11.6 Å². The maximum absolute atomic E-state index is 5.64. The summed E-state index contributed by atoms with van der Waals surface area (Å²) in [6, 6.07) is 1.87. The summed E-state index contributed by atoms with van der Waals surface area (Å²) in [6.07, 6.45) is 1.74. The van der Waals surface area contributed by atoms with Crippen molar-refractivity contribution in [3.63, 3.8) is 0 Å². The van der Waals surface area contributed by atoms with E-state index in [1.54, 1.807) is 13.3 Å². The molecule has 0 atom stereocenters. The minimum atomic E-state index is 0.441. The van der Waals surface area contributed by atoms with Crippen LogP contribution in [0.5, 0.6) is 5.75 Å². The first-order valence-electron chi connectivity index (χ1n) is 3.33. The highest BCUT2D eigenvalue weighted by Gasteiger charge is 2.00. The van der Waals surface area contributed by atoms with Gasteiger partial charge in [-0.3, -0.25) is 4.98 Å². The Hall–Kier alpha value is -0.760. The molecule has 0 N–H and O–H groups in total. The van der Waals surface area contributed by atoms with Crippen molar-refractivity contribution in [2.24, 2.45) is 0 Å². The SMILES string of the molecule is COc1cc(C)ncc1CCl. The molecule has 0 aromatic carbocycles. The normalized spacial score (nSPS) is 9.73. The van der Waals surface area contributed by atoms with Crippen LogP contribution >= 0.6 is 11.6 Å². The Morgan fingerprint density at radius 3 is 2.91 bits per heavy atom. The number of methoxy groups -OCH3 is 1. The molecular weight excluding hydrogens is 162 g/mol. The van der Waals surface area contributed by atoms with E-state index < -0.39 is 0 Å². The van der Waals surface area contributed by atoms with Crippen LogP contribution in [0, 0.1) is 6.92 Å². The van der Waals surface area contributed by atoms with Gasteiger partial charge in [0.2, 0.25) is 0 Å². The van der Waals surface area contributed by atoms with E-state index in [0.29, 0.717) is 5.88 Å². The van der Waals surface area contributed by atoms with Gasteiger partial charge in [-0.2, -0.15) is 0 Å². The lowest BCUT2D eigenvalue weighted by Gasteiger charge is -2.04. The van der Waals surface area contributed by atoms with Gasteiger partial charge >= 0.3 is 0 Å². The number of hydrogen-bond acceptors (Lipinski definition) is 2. The highest BCUT2D eigenvalue weighted by molar-refractivity contribution is 6.17. The molecule has 11 heavy (non-hydrogen) atoms. The summed E-state index contributed by atoms with van der Waals surface area (Å²) in [5.74, 6) is 1.25. The Labute approximate surface area is 71.2 Å². The maximum Gasteiger partial charge on any atom is 0.126 e. The number of alkyl halides is 1. The predicted molar refractivity (Wildman–Crippen MR) is 45.1 cm³/mol. The molecule has 0 unspecified atom stereocenters. The topological polar surface area (TPSA) is 22.1 Å². The summed E-state index contributed by atoms with van der Waals surface area (Å²) in [4.78, 5) is 4.09. The van der Waals surface area contributed by atoms with E-state index in [1.807, 2.05) is 13.0 Å². The van der Waals surface area contributed by atoms with Crippen molar-refractivity contribution in [2.45, 2.75) is 12.8 Å².